The number of amides is 1. The molecule has 8 heteroatoms. The third kappa shape index (κ3) is 2.79. The molecule has 3 aromatic rings. The smallest absolute Gasteiger partial charge is 0.279 e. The van der Waals surface area contributed by atoms with Gasteiger partial charge in [-0.3, -0.25) is 19.9 Å². The van der Waals surface area contributed by atoms with Crippen molar-refractivity contribution >= 4 is 33.8 Å². The number of nitrogens with zero attached hydrogens (tertiary/aromatic N) is 2. The van der Waals surface area contributed by atoms with E-state index in [4.69, 9.17) is 0 Å². The number of benzene rings is 1. The molecule has 1 N–H and O–H groups in total. The van der Waals surface area contributed by atoms with E-state index in [9.17, 15) is 20.0 Å². The molecule has 7 nitrogen and oxygen atoms in total. The van der Waals surface area contributed by atoms with Gasteiger partial charge in [-0.2, -0.15) is 0 Å². The van der Waals surface area contributed by atoms with Gasteiger partial charge >= 0.3 is 0 Å². The zero-order valence-corrected chi connectivity index (χ0v) is 13.4. The summed E-state index contributed by atoms with van der Waals surface area (Å²) in [5, 5.41) is 28.9. The van der Waals surface area contributed by atoms with Crippen molar-refractivity contribution in [1.29, 1.82) is 0 Å². The fourth-order valence-electron chi connectivity index (χ4n) is 2.55. The summed E-state index contributed by atoms with van der Waals surface area (Å²) in [6, 6.07) is 7.06. The van der Waals surface area contributed by atoms with E-state index in [0.717, 1.165) is 0 Å². The Morgan fingerprint density at radius 1 is 1.38 bits per heavy atom. The molecule has 2 heterocycles. The molecule has 0 saturated heterocycles. The van der Waals surface area contributed by atoms with E-state index in [2.05, 4.69) is 10.3 Å². The Morgan fingerprint density at radius 2 is 2.17 bits per heavy atom. The third-order valence-electron chi connectivity index (χ3n) is 3.54. The largest absolute Gasteiger partial charge is 0.871 e. The summed E-state index contributed by atoms with van der Waals surface area (Å²) in [4.78, 5) is 27.1. The maximum atomic E-state index is 12.8. The summed E-state index contributed by atoms with van der Waals surface area (Å²) in [5.41, 5.74) is -0.0567. The van der Waals surface area contributed by atoms with Gasteiger partial charge in [0.15, 0.2) is 0 Å². The van der Waals surface area contributed by atoms with Crippen molar-refractivity contribution in [1.82, 2.24) is 10.3 Å². The average Bonchev–Trinajstić information content (AvgIpc) is 3.07. The number of nitro benzene ring substituents is 1. The normalized spacial score (nSPS) is 12.0. The Kier molecular flexibility index (Phi) is 4.13. The van der Waals surface area contributed by atoms with E-state index >= 15 is 0 Å². The molecule has 0 spiro atoms. The molecule has 0 aliphatic heterocycles. The molecule has 24 heavy (non-hydrogen) atoms. The molecule has 1 atom stereocenters. The number of non-ortho nitro benzene ring substituents is 1. The van der Waals surface area contributed by atoms with Crippen LogP contribution < -0.4 is 10.4 Å². The summed E-state index contributed by atoms with van der Waals surface area (Å²) in [6.45, 7) is 1.33. The van der Waals surface area contributed by atoms with Gasteiger partial charge in [-0.05, 0) is 29.1 Å². The lowest BCUT2D eigenvalue weighted by Crippen LogP contribution is -2.27. The van der Waals surface area contributed by atoms with Gasteiger partial charge in [0.25, 0.3) is 5.69 Å². The second-order valence-electron chi connectivity index (χ2n) is 5.12. The number of carbonyl (C=O) groups excluding carboxylic acids is 1. The molecule has 2 aromatic heterocycles. The Hall–Kier alpha value is -3.00. The summed E-state index contributed by atoms with van der Waals surface area (Å²) < 4.78 is 0. The number of nitrogens with one attached hydrogen (secondary N) is 1. The number of nitro groups is 1. The first-order valence-electron chi connectivity index (χ1n) is 7.02. The Labute approximate surface area is 140 Å². The first-order valence-corrected chi connectivity index (χ1v) is 7.90. The van der Waals surface area contributed by atoms with Crippen LogP contribution in [0.4, 0.5) is 5.69 Å². The molecule has 0 fully saturated rings. The zero-order valence-electron chi connectivity index (χ0n) is 12.6. The van der Waals surface area contributed by atoms with Gasteiger partial charge in [0.05, 0.1) is 21.9 Å². The minimum atomic E-state index is -0.750. The lowest BCUT2D eigenvalue weighted by Gasteiger charge is -2.24. The number of hydrogen-bond donors (Lipinski definition) is 1. The molecule has 3 rings (SSSR count). The Bertz CT molecular complexity index is 924. The molecule has 1 amide bonds. The number of pyridine rings is 1. The van der Waals surface area contributed by atoms with Crippen LogP contribution in [0.3, 0.4) is 0 Å². The van der Waals surface area contributed by atoms with Crippen LogP contribution in [-0.4, -0.2) is 15.8 Å². The number of thiophene rings is 1. The summed E-state index contributed by atoms with van der Waals surface area (Å²) >= 11 is 1.35. The van der Waals surface area contributed by atoms with E-state index in [1.54, 1.807) is 18.2 Å². The van der Waals surface area contributed by atoms with E-state index in [1.807, 2.05) is 5.38 Å². The van der Waals surface area contributed by atoms with Crippen LogP contribution in [0.15, 0.2) is 41.9 Å². The van der Waals surface area contributed by atoms with E-state index < -0.39 is 16.7 Å². The SMILES string of the molecule is CC(=O)N[C@@H](c1cccs1)c1cc([N+](=O)[O-])c2cccnc2c1[O-]. The molecule has 0 aliphatic carbocycles. The number of aromatic nitrogens is 1. The van der Waals surface area contributed by atoms with Gasteiger partial charge in [-0.15, -0.1) is 11.3 Å². The van der Waals surface area contributed by atoms with Crippen molar-refractivity contribution in [3.8, 4) is 5.75 Å². The highest BCUT2D eigenvalue weighted by molar-refractivity contribution is 7.10. The maximum Gasteiger partial charge on any atom is 0.279 e. The van der Waals surface area contributed by atoms with Crippen LogP contribution in [0.1, 0.15) is 23.4 Å². The molecule has 122 valence electrons. The van der Waals surface area contributed by atoms with Crippen LogP contribution in [0, 0.1) is 10.1 Å². The van der Waals surface area contributed by atoms with Gasteiger partial charge in [0.1, 0.15) is 0 Å². The predicted octanol–water partition coefficient (Wildman–Crippen LogP) is 2.50. The van der Waals surface area contributed by atoms with Crippen molar-refractivity contribution in [3.05, 3.63) is 62.5 Å². The first-order chi connectivity index (χ1) is 11.5. The maximum absolute atomic E-state index is 12.8. The van der Waals surface area contributed by atoms with E-state index in [1.165, 1.54) is 36.6 Å². The minimum Gasteiger partial charge on any atom is -0.871 e. The average molecular weight is 342 g/mol. The molecule has 0 unspecified atom stereocenters. The van der Waals surface area contributed by atoms with E-state index in [0.29, 0.717) is 4.88 Å². The van der Waals surface area contributed by atoms with Gasteiger partial charge in [0.2, 0.25) is 5.91 Å². The fraction of sp³-hybridized carbons (Fsp3) is 0.125. The second-order valence-corrected chi connectivity index (χ2v) is 6.10. The van der Waals surface area contributed by atoms with Crippen LogP contribution in [-0.2, 0) is 4.79 Å². The highest BCUT2D eigenvalue weighted by atomic mass is 32.1. The standard InChI is InChI=1S/C16H13N3O4S/c1-9(20)18-14(13-5-3-7-24-13)11-8-12(19(22)23)10-4-2-6-17-15(10)16(11)21/h2-8,14,21H,1H3,(H,18,20)/p-1/t14-/m1/s1. The van der Waals surface area contributed by atoms with Gasteiger partial charge in [-0.25, -0.2) is 0 Å². The summed E-state index contributed by atoms with van der Waals surface area (Å²) in [5.74, 6) is -0.764. The highest BCUT2D eigenvalue weighted by Crippen LogP contribution is 2.38. The number of hydrogen-bond acceptors (Lipinski definition) is 6. The number of rotatable bonds is 4. The van der Waals surface area contributed by atoms with Crippen LogP contribution >= 0.6 is 11.3 Å². The predicted molar refractivity (Wildman–Crippen MR) is 87.8 cm³/mol. The third-order valence-corrected chi connectivity index (χ3v) is 4.47. The Balaban J connectivity index is 2.29. The van der Waals surface area contributed by atoms with Crippen LogP contribution in [0.5, 0.6) is 5.75 Å². The topological polar surface area (TPSA) is 108 Å². The van der Waals surface area contributed by atoms with Crippen molar-refractivity contribution in [2.45, 2.75) is 13.0 Å². The molecular formula is C16H12N3O4S-. The number of carbonyl (C=O) groups is 1. The number of fused-ring (bicyclic) bond motifs is 1. The van der Waals surface area contributed by atoms with Gasteiger partial charge in [0, 0.05) is 24.1 Å². The van der Waals surface area contributed by atoms with Crippen LogP contribution in [0.2, 0.25) is 0 Å². The monoisotopic (exact) mass is 342 g/mol. The summed E-state index contributed by atoms with van der Waals surface area (Å²) in [7, 11) is 0. The highest BCUT2D eigenvalue weighted by Gasteiger charge is 2.23. The first kappa shape index (κ1) is 15.9. The van der Waals surface area contributed by atoms with Gasteiger partial charge < -0.3 is 10.4 Å². The lowest BCUT2D eigenvalue weighted by molar-refractivity contribution is -0.383. The molecule has 1 aromatic carbocycles. The van der Waals surface area contributed by atoms with Crippen molar-refractivity contribution in [3.63, 3.8) is 0 Å². The molecule has 0 bridgehead atoms. The summed E-state index contributed by atoms with van der Waals surface area (Å²) in [6.07, 6.45) is 1.41. The molecule has 0 saturated carbocycles. The van der Waals surface area contributed by atoms with Crippen molar-refractivity contribution < 1.29 is 14.8 Å². The lowest BCUT2D eigenvalue weighted by atomic mass is 10.00. The van der Waals surface area contributed by atoms with Gasteiger partial charge in [-0.1, -0.05) is 11.8 Å². The van der Waals surface area contributed by atoms with Crippen LogP contribution in [0.25, 0.3) is 10.9 Å². The Morgan fingerprint density at radius 3 is 2.79 bits per heavy atom. The zero-order chi connectivity index (χ0) is 17.3. The van der Waals surface area contributed by atoms with Crippen molar-refractivity contribution in [2.24, 2.45) is 0 Å². The fourth-order valence-corrected chi connectivity index (χ4v) is 3.34. The molecule has 0 aliphatic rings. The quantitative estimate of drug-likeness (QED) is 0.579. The van der Waals surface area contributed by atoms with Crippen molar-refractivity contribution in [2.75, 3.05) is 0 Å². The second kappa shape index (κ2) is 6.25. The van der Waals surface area contributed by atoms with E-state index in [-0.39, 0.29) is 28.1 Å². The molecule has 0 radical (unpaired) electrons. The minimum absolute atomic E-state index is 0.0219. The molecular weight excluding hydrogens is 330 g/mol.